The number of carboxylic acids is 1. The third-order valence-electron chi connectivity index (χ3n) is 4.42. The van der Waals surface area contributed by atoms with Crippen molar-refractivity contribution >= 4 is 11.9 Å². The summed E-state index contributed by atoms with van der Waals surface area (Å²) < 4.78 is 0. The van der Waals surface area contributed by atoms with E-state index < -0.39 is 11.9 Å². The molecule has 2 fully saturated rings. The lowest BCUT2D eigenvalue weighted by Gasteiger charge is -2.30. The van der Waals surface area contributed by atoms with Gasteiger partial charge in [-0.3, -0.25) is 9.59 Å². The van der Waals surface area contributed by atoms with Crippen LogP contribution in [0.3, 0.4) is 0 Å². The maximum Gasteiger partial charge on any atom is 0.307 e. The summed E-state index contributed by atoms with van der Waals surface area (Å²) in [7, 11) is 0. The van der Waals surface area contributed by atoms with Crippen molar-refractivity contribution in [3.63, 3.8) is 0 Å². The fraction of sp³-hybridized carbons (Fsp3) is 0.867. The molecule has 2 aliphatic rings. The summed E-state index contributed by atoms with van der Waals surface area (Å²) >= 11 is 0. The Balaban J connectivity index is 1.96. The Kier molecular flexibility index (Phi) is 4.48. The van der Waals surface area contributed by atoms with Gasteiger partial charge in [-0.2, -0.15) is 0 Å². The topological polar surface area (TPSA) is 57.6 Å². The van der Waals surface area contributed by atoms with Crippen molar-refractivity contribution < 1.29 is 14.7 Å². The van der Waals surface area contributed by atoms with Crippen LogP contribution in [0.2, 0.25) is 0 Å². The number of hydrogen-bond donors (Lipinski definition) is 1. The molecule has 1 N–H and O–H groups in total. The van der Waals surface area contributed by atoms with Crippen LogP contribution >= 0.6 is 0 Å². The van der Waals surface area contributed by atoms with Crippen molar-refractivity contribution in [1.82, 2.24) is 4.90 Å². The Labute approximate surface area is 115 Å². The Morgan fingerprint density at radius 2 is 1.84 bits per heavy atom. The predicted molar refractivity (Wildman–Crippen MR) is 72.7 cm³/mol. The van der Waals surface area contributed by atoms with Gasteiger partial charge in [-0.1, -0.05) is 26.7 Å². The van der Waals surface area contributed by atoms with Gasteiger partial charge >= 0.3 is 5.97 Å². The molecule has 19 heavy (non-hydrogen) atoms. The quantitative estimate of drug-likeness (QED) is 0.804. The molecule has 0 aromatic rings. The molecule has 2 rings (SSSR count). The van der Waals surface area contributed by atoms with Crippen molar-refractivity contribution in [2.45, 2.75) is 58.4 Å². The molecule has 0 aliphatic heterocycles. The van der Waals surface area contributed by atoms with Crippen LogP contribution < -0.4 is 0 Å². The zero-order valence-corrected chi connectivity index (χ0v) is 12.0. The fourth-order valence-corrected chi connectivity index (χ4v) is 3.04. The molecule has 108 valence electrons. The highest BCUT2D eigenvalue weighted by atomic mass is 16.4. The molecule has 0 spiro atoms. The van der Waals surface area contributed by atoms with Gasteiger partial charge in [0, 0.05) is 12.6 Å². The monoisotopic (exact) mass is 267 g/mol. The number of nitrogens with zero attached hydrogens (tertiary/aromatic N) is 1. The van der Waals surface area contributed by atoms with Crippen molar-refractivity contribution in [3.05, 3.63) is 0 Å². The van der Waals surface area contributed by atoms with Crippen molar-refractivity contribution in [2.75, 3.05) is 6.54 Å². The summed E-state index contributed by atoms with van der Waals surface area (Å²) in [6.45, 7) is 5.12. The van der Waals surface area contributed by atoms with Gasteiger partial charge in [0.25, 0.3) is 0 Å². The van der Waals surface area contributed by atoms with E-state index in [4.69, 9.17) is 5.11 Å². The molecular weight excluding hydrogens is 242 g/mol. The molecule has 0 aromatic carbocycles. The second kappa shape index (κ2) is 5.93. The van der Waals surface area contributed by atoms with Crippen molar-refractivity contribution in [3.8, 4) is 0 Å². The van der Waals surface area contributed by atoms with Gasteiger partial charge in [0.15, 0.2) is 0 Å². The van der Waals surface area contributed by atoms with Crippen LogP contribution in [0.25, 0.3) is 0 Å². The molecule has 1 amide bonds. The zero-order valence-electron chi connectivity index (χ0n) is 12.0. The highest BCUT2D eigenvalue weighted by Gasteiger charge is 2.50. The van der Waals surface area contributed by atoms with Crippen LogP contribution in [-0.4, -0.2) is 34.5 Å². The number of rotatable bonds is 6. The molecule has 4 heteroatoms. The highest BCUT2D eigenvalue weighted by molar-refractivity contribution is 5.89. The average Bonchev–Trinajstić information content (AvgIpc) is 2.98. The summed E-state index contributed by atoms with van der Waals surface area (Å²) in [6, 6.07) is 0.362. The highest BCUT2D eigenvalue weighted by Crippen LogP contribution is 2.41. The molecule has 0 radical (unpaired) electrons. The zero-order chi connectivity index (χ0) is 14.0. The van der Waals surface area contributed by atoms with E-state index in [9.17, 15) is 9.59 Å². The first kappa shape index (κ1) is 14.4. The average molecular weight is 267 g/mol. The van der Waals surface area contributed by atoms with Gasteiger partial charge in [-0.25, -0.2) is 0 Å². The third kappa shape index (κ3) is 3.48. The minimum atomic E-state index is -0.811. The predicted octanol–water partition coefficient (Wildman–Crippen LogP) is 2.52. The van der Waals surface area contributed by atoms with Crippen LogP contribution in [0.15, 0.2) is 0 Å². The molecule has 2 saturated carbocycles. The molecule has 2 atom stereocenters. The number of carbonyl (C=O) groups excluding carboxylic acids is 1. The van der Waals surface area contributed by atoms with E-state index in [0.29, 0.717) is 18.4 Å². The maximum absolute atomic E-state index is 12.5. The Bertz CT molecular complexity index is 347. The van der Waals surface area contributed by atoms with Crippen molar-refractivity contribution in [2.24, 2.45) is 17.8 Å². The number of aliphatic carboxylic acids is 1. The molecular formula is C15H25NO3. The van der Waals surface area contributed by atoms with Gasteiger partial charge in [0.2, 0.25) is 5.91 Å². The first-order chi connectivity index (χ1) is 9.00. The summed E-state index contributed by atoms with van der Waals surface area (Å²) in [5.41, 5.74) is 0. The minimum Gasteiger partial charge on any atom is -0.481 e. The second-order valence-corrected chi connectivity index (χ2v) is 6.44. The van der Waals surface area contributed by atoms with Crippen molar-refractivity contribution in [1.29, 1.82) is 0 Å². The number of carbonyl (C=O) groups is 2. The minimum absolute atomic E-state index is 0.0972. The SMILES string of the molecule is CC(C)CCN(C(=O)C1CC1C(=O)O)C1CCCC1. The third-order valence-corrected chi connectivity index (χ3v) is 4.42. The Morgan fingerprint density at radius 1 is 1.21 bits per heavy atom. The van der Waals surface area contributed by atoms with E-state index in [1.54, 1.807) is 0 Å². The lowest BCUT2D eigenvalue weighted by atomic mass is 10.1. The number of amides is 1. The summed E-state index contributed by atoms with van der Waals surface area (Å²) in [4.78, 5) is 25.4. The van der Waals surface area contributed by atoms with Gasteiger partial charge in [-0.05, 0) is 31.6 Å². The first-order valence-corrected chi connectivity index (χ1v) is 7.54. The maximum atomic E-state index is 12.5. The normalized spacial score (nSPS) is 26.7. The Morgan fingerprint density at radius 3 is 2.32 bits per heavy atom. The van der Waals surface area contributed by atoms with Gasteiger partial charge in [0.05, 0.1) is 11.8 Å². The number of hydrogen-bond acceptors (Lipinski definition) is 2. The molecule has 0 heterocycles. The fourth-order valence-electron chi connectivity index (χ4n) is 3.04. The second-order valence-electron chi connectivity index (χ2n) is 6.44. The van der Waals surface area contributed by atoms with Crippen LogP contribution in [0.1, 0.15) is 52.4 Å². The number of carboxylic acid groups (broad SMARTS) is 1. The van der Waals surface area contributed by atoms with E-state index in [-0.39, 0.29) is 11.8 Å². The standard InChI is InChI=1S/C15H25NO3/c1-10(2)7-8-16(11-5-3-4-6-11)14(17)12-9-13(12)15(18)19/h10-13H,3-9H2,1-2H3,(H,18,19). The van der Waals surface area contributed by atoms with E-state index in [1.165, 1.54) is 12.8 Å². The van der Waals surface area contributed by atoms with Gasteiger partial charge < -0.3 is 10.0 Å². The molecule has 0 aromatic heterocycles. The van der Waals surface area contributed by atoms with Crippen LogP contribution in [0.4, 0.5) is 0 Å². The molecule has 2 unspecified atom stereocenters. The summed E-state index contributed by atoms with van der Waals surface area (Å²) in [5, 5.41) is 8.97. The largest absolute Gasteiger partial charge is 0.481 e. The molecule has 0 bridgehead atoms. The first-order valence-electron chi connectivity index (χ1n) is 7.54. The lowest BCUT2D eigenvalue weighted by molar-refractivity contribution is -0.142. The molecule has 2 aliphatic carbocycles. The Hall–Kier alpha value is -1.06. The van der Waals surface area contributed by atoms with E-state index in [2.05, 4.69) is 13.8 Å². The molecule has 4 nitrogen and oxygen atoms in total. The summed E-state index contributed by atoms with van der Waals surface area (Å²) in [6.07, 6.45) is 6.13. The van der Waals surface area contributed by atoms with E-state index in [1.807, 2.05) is 4.90 Å². The molecule has 0 saturated heterocycles. The lowest BCUT2D eigenvalue weighted by Crippen LogP contribution is -2.41. The van der Waals surface area contributed by atoms with Gasteiger partial charge in [-0.15, -0.1) is 0 Å². The van der Waals surface area contributed by atoms with E-state index in [0.717, 1.165) is 25.8 Å². The van der Waals surface area contributed by atoms with E-state index >= 15 is 0 Å². The smallest absolute Gasteiger partial charge is 0.307 e. The van der Waals surface area contributed by atoms with Crippen LogP contribution in [-0.2, 0) is 9.59 Å². The van der Waals surface area contributed by atoms with Gasteiger partial charge in [0.1, 0.15) is 0 Å². The summed E-state index contributed by atoms with van der Waals surface area (Å²) in [5.74, 6) is -0.805. The van der Waals surface area contributed by atoms with Crippen LogP contribution in [0.5, 0.6) is 0 Å². The van der Waals surface area contributed by atoms with Crippen LogP contribution in [0, 0.1) is 17.8 Å².